The molecule has 18 heavy (non-hydrogen) atoms. The molecule has 0 atom stereocenters. The van der Waals surface area contributed by atoms with Gasteiger partial charge in [0.25, 0.3) is 0 Å². The summed E-state index contributed by atoms with van der Waals surface area (Å²) < 4.78 is 0. The molecule has 0 saturated carbocycles. The Morgan fingerprint density at radius 1 is 1.28 bits per heavy atom. The SMILES string of the molecule is CN1CCN(c2ccccc2CO)C(C)(C)C1=O. The number of benzene rings is 1. The molecule has 4 heteroatoms. The number of piperazine rings is 1. The highest BCUT2D eigenvalue weighted by Crippen LogP contribution is 2.31. The average Bonchev–Trinajstić information content (AvgIpc) is 2.36. The molecule has 1 amide bonds. The molecule has 4 nitrogen and oxygen atoms in total. The fourth-order valence-corrected chi connectivity index (χ4v) is 2.54. The smallest absolute Gasteiger partial charge is 0.247 e. The highest BCUT2D eigenvalue weighted by molar-refractivity contribution is 5.90. The van der Waals surface area contributed by atoms with Gasteiger partial charge in [0.05, 0.1) is 6.61 Å². The first-order chi connectivity index (χ1) is 8.48. The van der Waals surface area contributed by atoms with Gasteiger partial charge in [-0.2, -0.15) is 0 Å². The van der Waals surface area contributed by atoms with Crippen LogP contribution in [0.25, 0.3) is 0 Å². The summed E-state index contributed by atoms with van der Waals surface area (Å²) in [6, 6.07) is 7.70. The molecule has 1 heterocycles. The number of para-hydroxylation sites is 1. The van der Waals surface area contributed by atoms with Gasteiger partial charge in [0.15, 0.2) is 0 Å². The molecule has 0 aromatic heterocycles. The number of aliphatic hydroxyl groups excluding tert-OH is 1. The standard InChI is InChI=1S/C14H20N2O2/c1-14(2)13(18)15(3)8-9-16(14)12-7-5-4-6-11(12)10-17/h4-7,17H,8-10H2,1-3H3. The van der Waals surface area contributed by atoms with E-state index < -0.39 is 5.54 Å². The summed E-state index contributed by atoms with van der Waals surface area (Å²) in [6.45, 7) is 5.35. The van der Waals surface area contributed by atoms with Crippen molar-refractivity contribution in [3.05, 3.63) is 29.8 Å². The van der Waals surface area contributed by atoms with Crippen molar-refractivity contribution < 1.29 is 9.90 Å². The Labute approximate surface area is 108 Å². The van der Waals surface area contributed by atoms with Gasteiger partial charge in [-0.1, -0.05) is 18.2 Å². The van der Waals surface area contributed by atoms with Crippen LogP contribution in [0.3, 0.4) is 0 Å². The number of carbonyl (C=O) groups excluding carboxylic acids is 1. The minimum absolute atomic E-state index is 0.00716. The lowest BCUT2D eigenvalue weighted by atomic mass is 9.95. The van der Waals surface area contributed by atoms with Gasteiger partial charge in [0.2, 0.25) is 5.91 Å². The molecule has 0 unspecified atom stereocenters. The number of rotatable bonds is 2. The van der Waals surface area contributed by atoms with Crippen molar-refractivity contribution in [3.63, 3.8) is 0 Å². The number of hydrogen-bond acceptors (Lipinski definition) is 3. The number of aliphatic hydroxyl groups is 1. The van der Waals surface area contributed by atoms with Crippen LogP contribution in [0.5, 0.6) is 0 Å². The summed E-state index contributed by atoms with van der Waals surface area (Å²) >= 11 is 0. The zero-order valence-corrected chi connectivity index (χ0v) is 11.2. The van der Waals surface area contributed by atoms with E-state index in [-0.39, 0.29) is 12.5 Å². The first kappa shape index (κ1) is 12.9. The third-order valence-corrected chi connectivity index (χ3v) is 3.66. The molecule has 1 fully saturated rings. The zero-order valence-electron chi connectivity index (χ0n) is 11.2. The van der Waals surface area contributed by atoms with Crippen molar-refractivity contribution in [1.29, 1.82) is 0 Å². The number of likely N-dealkylation sites (N-methyl/N-ethyl adjacent to an activating group) is 1. The van der Waals surface area contributed by atoms with Gasteiger partial charge in [0.1, 0.15) is 5.54 Å². The molecule has 1 aromatic carbocycles. The van der Waals surface area contributed by atoms with E-state index in [9.17, 15) is 9.90 Å². The molecular weight excluding hydrogens is 228 g/mol. The number of carbonyl (C=O) groups is 1. The number of nitrogens with zero attached hydrogens (tertiary/aromatic N) is 2. The lowest BCUT2D eigenvalue weighted by molar-refractivity contribution is -0.136. The van der Waals surface area contributed by atoms with Gasteiger partial charge in [-0.15, -0.1) is 0 Å². The molecule has 1 aromatic rings. The second-order valence-electron chi connectivity index (χ2n) is 5.22. The van der Waals surface area contributed by atoms with Crippen LogP contribution >= 0.6 is 0 Å². The molecule has 1 N–H and O–H groups in total. The van der Waals surface area contributed by atoms with Crippen LogP contribution in [0.2, 0.25) is 0 Å². The Morgan fingerprint density at radius 2 is 1.94 bits per heavy atom. The van der Waals surface area contributed by atoms with Crippen molar-refractivity contribution in [3.8, 4) is 0 Å². The van der Waals surface area contributed by atoms with Crippen LogP contribution in [-0.2, 0) is 11.4 Å². The molecule has 0 bridgehead atoms. The lowest BCUT2D eigenvalue weighted by Crippen LogP contribution is -2.62. The largest absolute Gasteiger partial charge is 0.392 e. The summed E-state index contributed by atoms with van der Waals surface area (Å²) in [5.41, 5.74) is 1.24. The molecule has 98 valence electrons. The fourth-order valence-electron chi connectivity index (χ4n) is 2.54. The van der Waals surface area contributed by atoms with Crippen LogP contribution < -0.4 is 4.90 Å². The summed E-state index contributed by atoms with van der Waals surface area (Å²) in [4.78, 5) is 16.1. The van der Waals surface area contributed by atoms with Gasteiger partial charge < -0.3 is 14.9 Å². The zero-order chi connectivity index (χ0) is 13.3. The second-order valence-corrected chi connectivity index (χ2v) is 5.22. The van der Waals surface area contributed by atoms with Gasteiger partial charge in [-0.25, -0.2) is 0 Å². The van der Waals surface area contributed by atoms with E-state index in [0.717, 1.165) is 17.8 Å². The van der Waals surface area contributed by atoms with Crippen LogP contribution in [0.1, 0.15) is 19.4 Å². The minimum atomic E-state index is -0.571. The first-order valence-corrected chi connectivity index (χ1v) is 6.20. The lowest BCUT2D eigenvalue weighted by Gasteiger charge is -2.46. The molecule has 0 radical (unpaired) electrons. The third kappa shape index (κ3) is 1.97. The van der Waals surface area contributed by atoms with E-state index >= 15 is 0 Å². The van der Waals surface area contributed by atoms with Gasteiger partial charge in [-0.3, -0.25) is 4.79 Å². The topological polar surface area (TPSA) is 43.8 Å². The Bertz CT molecular complexity index is 457. The highest BCUT2D eigenvalue weighted by atomic mass is 16.3. The Balaban J connectivity index is 2.41. The molecule has 2 rings (SSSR count). The van der Waals surface area contributed by atoms with E-state index in [4.69, 9.17) is 0 Å². The Hall–Kier alpha value is -1.55. The maximum Gasteiger partial charge on any atom is 0.247 e. The molecule has 1 aliphatic heterocycles. The van der Waals surface area contributed by atoms with Gasteiger partial charge >= 0.3 is 0 Å². The van der Waals surface area contributed by atoms with Crippen LogP contribution in [0.15, 0.2) is 24.3 Å². The quantitative estimate of drug-likeness (QED) is 0.856. The summed E-state index contributed by atoms with van der Waals surface area (Å²) in [5.74, 6) is 0.112. The number of hydrogen-bond donors (Lipinski definition) is 1. The van der Waals surface area contributed by atoms with E-state index in [1.807, 2.05) is 45.2 Å². The first-order valence-electron chi connectivity index (χ1n) is 6.20. The van der Waals surface area contributed by atoms with E-state index in [1.165, 1.54) is 0 Å². The van der Waals surface area contributed by atoms with Crippen molar-refractivity contribution in [2.45, 2.75) is 26.0 Å². The predicted molar refractivity (Wildman–Crippen MR) is 71.4 cm³/mol. The van der Waals surface area contributed by atoms with Crippen molar-refractivity contribution >= 4 is 11.6 Å². The maximum absolute atomic E-state index is 12.3. The normalized spacial score (nSPS) is 19.2. The van der Waals surface area contributed by atoms with Crippen LogP contribution in [-0.4, -0.2) is 41.6 Å². The molecule has 0 aliphatic carbocycles. The van der Waals surface area contributed by atoms with E-state index in [0.29, 0.717) is 6.54 Å². The second kappa shape index (κ2) is 4.61. The maximum atomic E-state index is 12.3. The summed E-state index contributed by atoms with van der Waals surface area (Å²) in [7, 11) is 1.83. The minimum Gasteiger partial charge on any atom is -0.392 e. The van der Waals surface area contributed by atoms with Crippen molar-refractivity contribution in [2.24, 2.45) is 0 Å². The third-order valence-electron chi connectivity index (χ3n) is 3.66. The fraction of sp³-hybridized carbons (Fsp3) is 0.500. The molecule has 1 aliphatic rings. The predicted octanol–water partition coefficient (Wildman–Crippen LogP) is 1.24. The van der Waals surface area contributed by atoms with E-state index in [2.05, 4.69) is 4.90 Å². The Kier molecular flexibility index (Phi) is 3.30. The average molecular weight is 248 g/mol. The van der Waals surface area contributed by atoms with Gasteiger partial charge in [0, 0.05) is 31.4 Å². The summed E-state index contributed by atoms with van der Waals surface area (Å²) in [6.07, 6.45) is 0. The molecular formula is C14H20N2O2. The van der Waals surface area contributed by atoms with Crippen molar-refractivity contribution in [1.82, 2.24) is 4.90 Å². The number of anilines is 1. The van der Waals surface area contributed by atoms with Crippen LogP contribution in [0, 0.1) is 0 Å². The van der Waals surface area contributed by atoms with Gasteiger partial charge in [-0.05, 0) is 19.9 Å². The summed E-state index contributed by atoms with van der Waals surface area (Å²) in [5, 5.41) is 9.42. The molecule has 0 spiro atoms. The Morgan fingerprint density at radius 3 is 2.61 bits per heavy atom. The monoisotopic (exact) mass is 248 g/mol. The highest BCUT2D eigenvalue weighted by Gasteiger charge is 2.40. The molecule has 1 saturated heterocycles. The van der Waals surface area contributed by atoms with Crippen LogP contribution in [0.4, 0.5) is 5.69 Å². The number of amides is 1. The van der Waals surface area contributed by atoms with Crippen molar-refractivity contribution in [2.75, 3.05) is 25.0 Å². The van der Waals surface area contributed by atoms with E-state index in [1.54, 1.807) is 4.90 Å².